The molecule has 4 rings (SSSR count). The SMILES string of the molecule is Fc1cccc2c1nc(CCCl)n2C1CCN(C2CC2)C1. The summed E-state index contributed by atoms with van der Waals surface area (Å²) in [7, 11) is 0. The fourth-order valence-electron chi connectivity index (χ4n) is 3.55. The van der Waals surface area contributed by atoms with Crippen molar-refractivity contribution < 1.29 is 4.39 Å². The number of likely N-dealkylation sites (tertiary alicyclic amines) is 1. The first-order chi connectivity index (χ1) is 10.3. The summed E-state index contributed by atoms with van der Waals surface area (Å²) in [5.41, 5.74) is 1.40. The minimum Gasteiger partial charge on any atom is -0.323 e. The topological polar surface area (TPSA) is 21.1 Å². The van der Waals surface area contributed by atoms with E-state index in [0.29, 0.717) is 23.9 Å². The largest absolute Gasteiger partial charge is 0.323 e. The van der Waals surface area contributed by atoms with Gasteiger partial charge in [0.1, 0.15) is 11.3 Å². The second kappa shape index (κ2) is 5.25. The summed E-state index contributed by atoms with van der Waals surface area (Å²) in [4.78, 5) is 7.09. The van der Waals surface area contributed by atoms with E-state index in [4.69, 9.17) is 11.6 Å². The Bertz CT molecular complexity index is 665. The standard InChI is InChI=1S/C16H19ClFN3/c17-8-6-15-19-16-13(18)2-1-3-14(16)21(15)12-7-9-20(10-12)11-4-5-11/h1-3,11-12H,4-10H2. The zero-order valence-electron chi connectivity index (χ0n) is 11.9. The first-order valence-electron chi connectivity index (χ1n) is 7.73. The van der Waals surface area contributed by atoms with E-state index in [1.165, 1.54) is 18.9 Å². The molecule has 0 N–H and O–H groups in total. The van der Waals surface area contributed by atoms with Crippen molar-refractivity contribution in [1.29, 1.82) is 0 Å². The van der Waals surface area contributed by atoms with Crippen LogP contribution < -0.4 is 0 Å². The Hall–Kier alpha value is -1.13. The van der Waals surface area contributed by atoms with E-state index in [1.54, 1.807) is 6.07 Å². The van der Waals surface area contributed by atoms with Crippen molar-refractivity contribution in [3.8, 4) is 0 Å². The van der Waals surface area contributed by atoms with Gasteiger partial charge in [0.05, 0.1) is 5.52 Å². The molecular weight excluding hydrogens is 289 g/mol. The molecule has 1 aromatic heterocycles. The summed E-state index contributed by atoms with van der Waals surface area (Å²) in [6.07, 6.45) is 4.48. The summed E-state index contributed by atoms with van der Waals surface area (Å²) >= 11 is 5.91. The predicted octanol–water partition coefficient (Wildman–Crippen LogP) is 3.37. The van der Waals surface area contributed by atoms with Gasteiger partial charge in [0.25, 0.3) is 0 Å². The summed E-state index contributed by atoms with van der Waals surface area (Å²) in [6.45, 7) is 2.20. The third-order valence-electron chi connectivity index (χ3n) is 4.69. The molecule has 0 bridgehead atoms. The fourth-order valence-corrected chi connectivity index (χ4v) is 3.72. The molecule has 2 aromatic rings. The minimum absolute atomic E-state index is 0.237. The van der Waals surface area contributed by atoms with Crippen molar-refractivity contribution >= 4 is 22.6 Å². The first-order valence-corrected chi connectivity index (χ1v) is 8.26. The Kier molecular flexibility index (Phi) is 3.38. The molecular formula is C16H19ClFN3. The van der Waals surface area contributed by atoms with Crippen LogP contribution in [0.3, 0.4) is 0 Å². The number of halogens is 2. The minimum atomic E-state index is -0.237. The number of para-hydroxylation sites is 1. The van der Waals surface area contributed by atoms with Crippen LogP contribution in [0.2, 0.25) is 0 Å². The normalized spacial score (nSPS) is 23.2. The number of nitrogens with zero attached hydrogens (tertiary/aromatic N) is 3. The third kappa shape index (κ3) is 2.34. The maximum Gasteiger partial charge on any atom is 0.151 e. The number of rotatable bonds is 4. The Labute approximate surface area is 128 Å². The summed E-state index contributed by atoms with van der Waals surface area (Å²) in [6, 6.07) is 6.42. The molecule has 1 aliphatic carbocycles. The molecule has 0 spiro atoms. The van der Waals surface area contributed by atoms with Gasteiger partial charge in [0, 0.05) is 37.5 Å². The molecule has 1 saturated carbocycles. The number of fused-ring (bicyclic) bond motifs is 1. The van der Waals surface area contributed by atoms with E-state index in [2.05, 4.69) is 14.5 Å². The fraction of sp³-hybridized carbons (Fsp3) is 0.562. The molecule has 1 saturated heterocycles. The first kappa shape index (κ1) is 13.5. The van der Waals surface area contributed by atoms with Crippen LogP contribution in [-0.4, -0.2) is 39.5 Å². The van der Waals surface area contributed by atoms with Gasteiger partial charge < -0.3 is 4.57 Å². The zero-order valence-corrected chi connectivity index (χ0v) is 12.7. The number of hydrogen-bond donors (Lipinski definition) is 0. The van der Waals surface area contributed by atoms with Crippen LogP contribution in [0.5, 0.6) is 0 Å². The molecule has 21 heavy (non-hydrogen) atoms. The molecule has 5 heteroatoms. The molecule has 0 radical (unpaired) electrons. The van der Waals surface area contributed by atoms with E-state index >= 15 is 0 Å². The van der Waals surface area contributed by atoms with Gasteiger partial charge in [0.2, 0.25) is 0 Å². The lowest BCUT2D eigenvalue weighted by Crippen LogP contribution is -2.24. The maximum atomic E-state index is 14.0. The van der Waals surface area contributed by atoms with Crippen LogP contribution in [0.1, 0.15) is 31.1 Å². The van der Waals surface area contributed by atoms with E-state index < -0.39 is 0 Å². The maximum absolute atomic E-state index is 14.0. The van der Waals surface area contributed by atoms with Crippen LogP contribution in [0.25, 0.3) is 11.0 Å². The van der Waals surface area contributed by atoms with Gasteiger partial charge >= 0.3 is 0 Å². The molecule has 1 unspecified atom stereocenters. The second-order valence-corrected chi connectivity index (χ2v) is 6.49. The quantitative estimate of drug-likeness (QED) is 0.808. The van der Waals surface area contributed by atoms with Gasteiger partial charge in [0.15, 0.2) is 5.82 Å². The molecule has 0 amide bonds. The predicted molar refractivity (Wildman–Crippen MR) is 82.4 cm³/mol. The smallest absolute Gasteiger partial charge is 0.151 e. The van der Waals surface area contributed by atoms with Crippen LogP contribution in [-0.2, 0) is 6.42 Å². The van der Waals surface area contributed by atoms with E-state index in [-0.39, 0.29) is 5.82 Å². The zero-order chi connectivity index (χ0) is 14.4. The third-order valence-corrected chi connectivity index (χ3v) is 4.87. The highest BCUT2D eigenvalue weighted by atomic mass is 35.5. The van der Waals surface area contributed by atoms with Crippen LogP contribution in [0, 0.1) is 5.82 Å². The number of imidazole rings is 1. The highest BCUT2D eigenvalue weighted by Crippen LogP contribution is 2.35. The molecule has 3 nitrogen and oxygen atoms in total. The van der Waals surface area contributed by atoms with Crippen LogP contribution in [0.15, 0.2) is 18.2 Å². The Morgan fingerprint density at radius 1 is 1.24 bits per heavy atom. The van der Waals surface area contributed by atoms with Gasteiger partial charge in [-0.05, 0) is 31.4 Å². The monoisotopic (exact) mass is 307 g/mol. The van der Waals surface area contributed by atoms with Gasteiger partial charge in [-0.1, -0.05) is 6.07 Å². The lowest BCUT2D eigenvalue weighted by molar-refractivity contribution is 0.314. The number of hydrogen-bond acceptors (Lipinski definition) is 2. The highest BCUT2D eigenvalue weighted by molar-refractivity contribution is 6.17. The van der Waals surface area contributed by atoms with Gasteiger partial charge in [-0.15, -0.1) is 11.6 Å². The van der Waals surface area contributed by atoms with Gasteiger partial charge in [-0.2, -0.15) is 0 Å². The number of aryl methyl sites for hydroxylation is 1. The van der Waals surface area contributed by atoms with Gasteiger partial charge in [-0.25, -0.2) is 9.37 Å². The number of benzene rings is 1. The van der Waals surface area contributed by atoms with Crippen molar-refractivity contribution in [2.45, 2.75) is 37.8 Å². The Balaban J connectivity index is 1.75. The highest BCUT2D eigenvalue weighted by Gasteiger charge is 2.36. The molecule has 2 heterocycles. The van der Waals surface area contributed by atoms with Crippen molar-refractivity contribution in [3.05, 3.63) is 29.8 Å². The molecule has 1 atom stereocenters. The van der Waals surface area contributed by atoms with Crippen molar-refractivity contribution in [2.75, 3.05) is 19.0 Å². The summed E-state index contributed by atoms with van der Waals surface area (Å²) in [5, 5.41) is 0. The lowest BCUT2D eigenvalue weighted by Gasteiger charge is -2.18. The average molecular weight is 308 g/mol. The molecule has 1 aromatic carbocycles. The molecule has 2 aliphatic rings. The second-order valence-electron chi connectivity index (χ2n) is 6.11. The van der Waals surface area contributed by atoms with Crippen molar-refractivity contribution in [2.24, 2.45) is 0 Å². The van der Waals surface area contributed by atoms with Crippen LogP contribution in [0.4, 0.5) is 4.39 Å². The lowest BCUT2D eigenvalue weighted by atomic mass is 10.2. The average Bonchev–Trinajstić information content (AvgIpc) is 3.09. The van der Waals surface area contributed by atoms with Crippen molar-refractivity contribution in [1.82, 2.24) is 14.5 Å². The Morgan fingerprint density at radius 2 is 2.10 bits per heavy atom. The number of aromatic nitrogens is 2. The Morgan fingerprint density at radius 3 is 2.86 bits per heavy atom. The van der Waals surface area contributed by atoms with Gasteiger partial charge in [-0.3, -0.25) is 4.90 Å². The van der Waals surface area contributed by atoms with E-state index in [9.17, 15) is 4.39 Å². The summed E-state index contributed by atoms with van der Waals surface area (Å²) < 4.78 is 16.2. The summed E-state index contributed by atoms with van der Waals surface area (Å²) in [5.74, 6) is 1.20. The van der Waals surface area contributed by atoms with E-state index in [1.807, 2.05) is 6.07 Å². The van der Waals surface area contributed by atoms with Crippen LogP contribution >= 0.6 is 11.6 Å². The molecule has 112 valence electrons. The van der Waals surface area contributed by atoms with Crippen molar-refractivity contribution in [3.63, 3.8) is 0 Å². The molecule has 2 fully saturated rings. The number of alkyl halides is 1. The molecule has 1 aliphatic heterocycles. The van der Waals surface area contributed by atoms with E-state index in [0.717, 1.165) is 36.9 Å².